The molecule has 0 spiro atoms. The molecule has 4 heterocycles. The molecule has 3 fully saturated rings. The Morgan fingerprint density at radius 2 is 1.88 bits per heavy atom. The predicted molar refractivity (Wildman–Crippen MR) is 155 cm³/mol. The molecule has 0 saturated carbocycles. The number of carbonyl (C=O) groups is 5. The highest BCUT2D eigenvalue weighted by atomic mass is 16.2. The molecule has 3 N–H and O–H groups in total. The topological polar surface area (TPSA) is 146 Å². The number of anilines is 1. The van der Waals surface area contributed by atoms with Crippen molar-refractivity contribution in [2.45, 2.75) is 63.6 Å². The van der Waals surface area contributed by atoms with E-state index in [0.717, 1.165) is 57.4 Å². The Balaban J connectivity index is 1.18. The van der Waals surface area contributed by atoms with Crippen molar-refractivity contribution in [2.75, 3.05) is 38.5 Å². The lowest BCUT2D eigenvalue weighted by Crippen LogP contribution is -2.53. The van der Waals surface area contributed by atoms with Crippen LogP contribution in [0.2, 0.25) is 0 Å². The first-order valence-corrected chi connectivity index (χ1v) is 14.8. The number of benzene rings is 1. The molecule has 4 amide bonds. The maximum absolute atomic E-state index is 13.5. The SMILES string of the molecule is CN(C(=O)c1c(C=O)cccc1NCc1cnn(C2CCN(C(=O)CC3CCNCC3)CC2)c1)C1CCC(=O)NC1=O. The van der Waals surface area contributed by atoms with Crippen LogP contribution < -0.4 is 16.0 Å². The average molecular weight is 578 g/mol. The molecule has 3 aliphatic rings. The Morgan fingerprint density at radius 3 is 2.60 bits per heavy atom. The van der Waals surface area contributed by atoms with Gasteiger partial charge in [0, 0.05) is 62.5 Å². The lowest BCUT2D eigenvalue weighted by Gasteiger charge is -2.33. The number of piperidine rings is 3. The largest absolute Gasteiger partial charge is 0.380 e. The molecule has 1 aromatic carbocycles. The van der Waals surface area contributed by atoms with Gasteiger partial charge in [0.2, 0.25) is 17.7 Å². The molecule has 0 bridgehead atoms. The van der Waals surface area contributed by atoms with Gasteiger partial charge >= 0.3 is 0 Å². The van der Waals surface area contributed by atoms with Crippen LogP contribution in [-0.4, -0.2) is 88.8 Å². The fourth-order valence-corrected chi connectivity index (χ4v) is 6.13. The van der Waals surface area contributed by atoms with E-state index in [4.69, 9.17) is 0 Å². The summed E-state index contributed by atoms with van der Waals surface area (Å²) in [5, 5.41) is 13.5. The van der Waals surface area contributed by atoms with Gasteiger partial charge in [0.1, 0.15) is 6.04 Å². The summed E-state index contributed by atoms with van der Waals surface area (Å²) in [6.45, 7) is 3.82. The van der Waals surface area contributed by atoms with Gasteiger partial charge in [-0.05, 0) is 57.2 Å². The molecular formula is C30H39N7O5. The number of amides is 4. The van der Waals surface area contributed by atoms with E-state index in [0.29, 0.717) is 30.9 Å². The second kappa shape index (κ2) is 13.3. The third kappa shape index (κ3) is 6.70. The van der Waals surface area contributed by atoms with Gasteiger partial charge in [-0.15, -0.1) is 0 Å². The van der Waals surface area contributed by atoms with E-state index in [9.17, 15) is 24.0 Å². The van der Waals surface area contributed by atoms with E-state index in [1.54, 1.807) is 24.4 Å². The molecule has 3 saturated heterocycles. The number of likely N-dealkylation sites (N-methyl/N-ethyl adjacent to an activating group) is 1. The number of aromatic nitrogens is 2. The molecular weight excluding hydrogens is 538 g/mol. The summed E-state index contributed by atoms with van der Waals surface area (Å²) in [5.41, 5.74) is 1.76. The molecule has 0 radical (unpaired) electrons. The minimum atomic E-state index is -0.799. The molecule has 1 aromatic heterocycles. The van der Waals surface area contributed by atoms with Crippen LogP contribution in [0.5, 0.6) is 0 Å². The van der Waals surface area contributed by atoms with Crippen LogP contribution in [0, 0.1) is 5.92 Å². The third-order valence-electron chi connectivity index (χ3n) is 8.69. The number of hydrogen-bond acceptors (Lipinski definition) is 8. The van der Waals surface area contributed by atoms with Crippen LogP contribution in [0.15, 0.2) is 30.6 Å². The van der Waals surface area contributed by atoms with Gasteiger partial charge in [-0.1, -0.05) is 12.1 Å². The first-order chi connectivity index (χ1) is 20.3. The van der Waals surface area contributed by atoms with E-state index in [2.05, 4.69) is 21.0 Å². The summed E-state index contributed by atoms with van der Waals surface area (Å²) in [5.74, 6) is -0.619. The van der Waals surface area contributed by atoms with E-state index in [1.165, 1.54) is 11.9 Å². The highest BCUT2D eigenvalue weighted by molar-refractivity contribution is 6.08. The molecule has 0 aliphatic carbocycles. The summed E-state index contributed by atoms with van der Waals surface area (Å²) in [4.78, 5) is 65.3. The monoisotopic (exact) mass is 577 g/mol. The van der Waals surface area contributed by atoms with Crippen LogP contribution in [0.4, 0.5) is 5.69 Å². The van der Waals surface area contributed by atoms with Crippen molar-refractivity contribution in [3.05, 3.63) is 47.3 Å². The molecule has 3 aliphatic heterocycles. The van der Waals surface area contributed by atoms with Crippen molar-refractivity contribution in [3.63, 3.8) is 0 Å². The number of imide groups is 1. The van der Waals surface area contributed by atoms with Gasteiger partial charge in [0.05, 0.1) is 17.8 Å². The maximum atomic E-state index is 13.5. The fraction of sp³-hybridized carbons (Fsp3) is 0.533. The zero-order valence-corrected chi connectivity index (χ0v) is 24.0. The Morgan fingerprint density at radius 1 is 1.12 bits per heavy atom. The first kappa shape index (κ1) is 29.4. The first-order valence-electron chi connectivity index (χ1n) is 14.8. The lowest BCUT2D eigenvalue weighted by molar-refractivity contribution is -0.136. The zero-order valence-electron chi connectivity index (χ0n) is 24.0. The van der Waals surface area contributed by atoms with Gasteiger partial charge in [-0.25, -0.2) is 0 Å². The quantitative estimate of drug-likeness (QED) is 0.302. The Kier molecular flexibility index (Phi) is 9.31. The number of nitrogens with zero attached hydrogens (tertiary/aromatic N) is 4. The van der Waals surface area contributed by atoms with Crippen LogP contribution in [0.3, 0.4) is 0 Å². The molecule has 12 nitrogen and oxygen atoms in total. The minimum absolute atomic E-state index is 0.145. The molecule has 1 atom stereocenters. The van der Waals surface area contributed by atoms with Crippen molar-refractivity contribution >= 4 is 35.6 Å². The van der Waals surface area contributed by atoms with Crippen LogP contribution in [-0.2, 0) is 20.9 Å². The smallest absolute Gasteiger partial charge is 0.257 e. The van der Waals surface area contributed by atoms with Crippen molar-refractivity contribution in [1.29, 1.82) is 0 Å². The van der Waals surface area contributed by atoms with Crippen molar-refractivity contribution in [1.82, 2.24) is 30.2 Å². The van der Waals surface area contributed by atoms with Crippen molar-refractivity contribution < 1.29 is 24.0 Å². The minimum Gasteiger partial charge on any atom is -0.380 e. The standard InChI is InChI=1S/C30H39N7O5/c1-35(25-5-6-26(39)34-29(25)41)30(42)28-22(19-38)3-2-4-24(28)32-16-21-17-33-37(18-21)23-9-13-36(14-10-23)27(40)15-20-7-11-31-12-8-20/h2-4,17-20,23,25,31-32H,5-16H2,1H3,(H,34,39,41). The van der Waals surface area contributed by atoms with Gasteiger partial charge in [0.15, 0.2) is 6.29 Å². The van der Waals surface area contributed by atoms with Crippen LogP contribution in [0.1, 0.15) is 77.3 Å². The molecule has 5 rings (SSSR count). The second-order valence-electron chi connectivity index (χ2n) is 11.5. The number of nitrogens with one attached hydrogen (secondary N) is 3. The van der Waals surface area contributed by atoms with Crippen molar-refractivity contribution in [3.8, 4) is 0 Å². The summed E-state index contributed by atoms with van der Waals surface area (Å²) in [6, 6.07) is 4.38. The number of aldehydes is 1. The molecule has 2 aromatic rings. The van der Waals surface area contributed by atoms with Gasteiger partial charge in [-0.2, -0.15) is 5.10 Å². The fourth-order valence-electron chi connectivity index (χ4n) is 6.13. The number of carbonyl (C=O) groups excluding carboxylic acids is 5. The highest BCUT2D eigenvalue weighted by Gasteiger charge is 2.34. The number of likely N-dealkylation sites (tertiary alicyclic amines) is 1. The molecule has 1 unspecified atom stereocenters. The number of hydrogen-bond donors (Lipinski definition) is 3. The van der Waals surface area contributed by atoms with E-state index >= 15 is 0 Å². The Labute approximate surface area is 245 Å². The van der Waals surface area contributed by atoms with Crippen molar-refractivity contribution in [2.24, 2.45) is 5.92 Å². The second-order valence-corrected chi connectivity index (χ2v) is 11.5. The van der Waals surface area contributed by atoms with E-state index in [-0.39, 0.29) is 41.8 Å². The highest BCUT2D eigenvalue weighted by Crippen LogP contribution is 2.26. The Bertz CT molecular complexity index is 1330. The average Bonchev–Trinajstić information content (AvgIpc) is 3.49. The van der Waals surface area contributed by atoms with E-state index < -0.39 is 17.9 Å². The Hall–Kier alpha value is -4.06. The zero-order chi connectivity index (χ0) is 29.6. The summed E-state index contributed by atoms with van der Waals surface area (Å²) in [6.07, 6.45) is 9.22. The van der Waals surface area contributed by atoms with Crippen LogP contribution >= 0.6 is 0 Å². The van der Waals surface area contributed by atoms with Crippen LogP contribution in [0.25, 0.3) is 0 Å². The van der Waals surface area contributed by atoms with Gasteiger partial charge in [0.25, 0.3) is 5.91 Å². The van der Waals surface area contributed by atoms with E-state index in [1.807, 2.05) is 15.8 Å². The third-order valence-corrected chi connectivity index (χ3v) is 8.69. The molecule has 224 valence electrons. The maximum Gasteiger partial charge on any atom is 0.257 e. The lowest BCUT2D eigenvalue weighted by atomic mass is 9.93. The summed E-state index contributed by atoms with van der Waals surface area (Å²) < 4.78 is 1.95. The van der Waals surface area contributed by atoms with Gasteiger partial charge in [-0.3, -0.25) is 34.0 Å². The van der Waals surface area contributed by atoms with Gasteiger partial charge < -0.3 is 20.4 Å². The summed E-state index contributed by atoms with van der Waals surface area (Å²) >= 11 is 0. The molecule has 42 heavy (non-hydrogen) atoms. The summed E-state index contributed by atoms with van der Waals surface area (Å²) in [7, 11) is 1.50. The number of rotatable bonds is 9. The predicted octanol–water partition coefficient (Wildman–Crippen LogP) is 1.74. The molecule has 12 heteroatoms. The normalized spacial score (nSPS) is 20.2.